The number of hydrogen-bond acceptors (Lipinski definition) is 3. The van der Waals surface area contributed by atoms with Crippen molar-refractivity contribution in [2.75, 3.05) is 20.6 Å². The summed E-state index contributed by atoms with van der Waals surface area (Å²) in [6.07, 6.45) is 3.29. The Labute approximate surface area is 165 Å². The highest BCUT2D eigenvalue weighted by atomic mass is 35.5. The molecule has 0 bridgehead atoms. The normalized spacial score (nSPS) is 11.4. The third-order valence-corrected chi connectivity index (χ3v) is 4.67. The van der Waals surface area contributed by atoms with Crippen LogP contribution in [0.2, 0.25) is 0 Å². The fourth-order valence-electron chi connectivity index (χ4n) is 2.63. The Morgan fingerprint density at radius 3 is 2.68 bits per heavy atom. The van der Waals surface area contributed by atoms with Crippen LogP contribution >= 0.6 is 36.2 Å². The number of halogens is 2. The summed E-state index contributed by atoms with van der Waals surface area (Å²) in [5.74, 6) is 0.574. The number of aryl methyl sites for hydroxylation is 1. The number of nitrogens with two attached hydrogens (primary N) is 1. The molecule has 2 N–H and O–H groups in total. The Morgan fingerprint density at radius 1 is 1.20 bits per heavy atom. The largest absolute Gasteiger partial charge is 0.383 e. The zero-order valence-electron chi connectivity index (χ0n) is 14.4. The SMILES string of the molecule is CN(C)CCCn1ccc2cc(N=C(N)c3cccs3)ccc21.Cl.Cl. The standard InChI is InChI=1S/C18H22N4S.2ClH/c1-21(2)9-4-10-22-11-8-14-13-15(6-7-16(14)22)20-18(19)17-5-3-12-23-17;;/h3,5-8,11-13H,4,9-10H2,1-2H3,(H2,19,20);2*1H. The lowest BCUT2D eigenvalue weighted by Gasteiger charge is -2.10. The van der Waals surface area contributed by atoms with Gasteiger partial charge < -0.3 is 15.2 Å². The number of hydrogen-bond donors (Lipinski definition) is 1. The second kappa shape index (κ2) is 9.82. The van der Waals surface area contributed by atoms with Gasteiger partial charge in [0.15, 0.2) is 0 Å². The van der Waals surface area contributed by atoms with Crippen LogP contribution in [0.3, 0.4) is 0 Å². The summed E-state index contributed by atoms with van der Waals surface area (Å²) >= 11 is 1.61. The maximum Gasteiger partial charge on any atom is 0.141 e. The first-order valence-corrected chi connectivity index (χ1v) is 8.63. The maximum atomic E-state index is 6.07. The highest BCUT2D eigenvalue weighted by molar-refractivity contribution is 7.12. The van der Waals surface area contributed by atoms with Crippen molar-refractivity contribution in [3.63, 3.8) is 0 Å². The molecule has 7 heteroatoms. The summed E-state index contributed by atoms with van der Waals surface area (Å²) in [6.45, 7) is 2.13. The molecule has 0 aliphatic heterocycles. The molecule has 0 saturated carbocycles. The minimum Gasteiger partial charge on any atom is -0.383 e. The average Bonchev–Trinajstić information content (AvgIpc) is 3.16. The monoisotopic (exact) mass is 398 g/mol. The van der Waals surface area contributed by atoms with Crippen LogP contribution in [-0.4, -0.2) is 35.9 Å². The van der Waals surface area contributed by atoms with Crippen molar-refractivity contribution in [3.8, 4) is 0 Å². The van der Waals surface area contributed by atoms with Crippen molar-refractivity contribution in [3.05, 3.63) is 52.9 Å². The van der Waals surface area contributed by atoms with Crippen molar-refractivity contribution >= 4 is 58.6 Å². The van der Waals surface area contributed by atoms with Gasteiger partial charge in [-0.2, -0.15) is 0 Å². The van der Waals surface area contributed by atoms with Gasteiger partial charge in [-0.3, -0.25) is 0 Å². The van der Waals surface area contributed by atoms with Gasteiger partial charge in [0.05, 0.1) is 10.6 Å². The molecular weight excluding hydrogens is 375 g/mol. The molecule has 3 rings (SSSR count). The summed E-state index contributed by atoms with van der Waals surface area (Å²) in [5, 5.41) is 3.21. The predicted molar refractivity (Wildman–Crippen MR) is 114 cm³/mol. The lowest BCUT2D eigenvalue weighted by molar-refractivity contribution is 0.388. The van der Waals surface area contributed by atoms with Crippen LogP contribution in [-0.2, 0) is 6.54 Å². The van der Waals surface area contributed by atoms with Crippen molar-refractivity contribution < 1.29 is 0 Å². The summed E-state index contributed by atoms with van der Waals surface area (Å²) in [6, 6.07) is 12.4. The van der Waals surface area contributed by atoms with Gasteiger partial charge in [0.25, 0.3) is 0 Å². The van der Waals surface area contributed by atoms with E-state index in [0.29, 0.717) is 5.84 Å². The van der Waals surface area contributed by atoms with Gasteiger partial charge in [0, 0.05) is 23.6 Å². The number of aromatic nitrogens is 1. The first kappa shape index (κ1) is 21.5. The quantitative estimate of drug-likeness (QED) is 0.489. The van der Waals surface area contributed by atoms with E-state index in [1.165, 1.54) is 10.9 Å². The molecule has 4 nitrogen and oxygen atoms in total. The molecule has 0 aliphatic carbocycles. The minimum absolute atomic E-state index is 0. The lowest BCUT2D eigenvalue weighted by Crippen LogP contribution is -2.14. The van der Waals surface area contributed by atoms with Crippen molar-refractivity contribution in [2.45, 2.75) is 13.0 Å². The zero-order chi connectivity index (χ0) is 16.2. The van der Waals surface area contributed by atoms with E-state index in [4.69, 9.17) is 5.73 Å². The Kier molecular flexibility index (Phi) is 8.45. The molecule has 136 valence electrons. The van der Waals surface area contributed by atoms with Gasteiger partial charge in [-0.1, -0.05) is 6.07 Å². The number of fused-ring (bicyclic) bond motifs is 1. The van der Waals surface area contributed by atoms with E-state index in [1.54, 1.807) is 11.3 Å². The predicted octanol–water partition coefficient (Wildman–Crippen LogP) is 4.54. The molecule has 25 heavy (non-hydrogen) atoms. The van der Waals surface area contributed by atoms with Gasteiger partial charge in [-0.15, -0.1) is 36.2 Å². The van der Waals surface area contributed by atoms with Gasteiger partial charge >= 0.3 is 0 Å². The molecule has 3 aromatic rings. The molecule has 0 radical (unpaired) electrons. The minimum atomic E-state index is 0. The summed E-state index contributed by atoms with van der Waals surface area (Å²) in [4.78, 5) is 7.76. The van der Waals surface area contributed by atoms with Crippen molar-refractivity contribution in [2.24, 2.45) is 10.7 Å². The van der Waals surface area contributed by atoms with Crippen molar-refractivity contribution in [1.82, 2.24) is 9.47 Å². The van der Waals surface area contributed by atoms with Crippen molar-refractivity contribution in [1.29, 1.82) is 0 Å². The molecule has 0 atom stereocenters. The van der Waals surface area contributed by atoms with Crippen LogP contribution in [0.1, 0.15) is 11.3 Å². The number of amidine groups is 1. The number of nitrogens with zero attached hydrogens (tertiary/aromatic N) is 3. The molecule has 0 saturated heterocycles. The topological polar surface area (TPSA) is 46.5 Å². The highest BCUT2D eigenvalue weighted by Gasteiger charge is 2.04. The van der Waals surface area contributed by atoms with Crippen LogP contribution < -0.4 is 5.73 Å². The van der Waals surface area contributed by atoms with E-state index in [0.717, 1.165) is 30.1 Å². The van der Waals surface area contributed by atoms with Gasteiger partial charge in [0.1, 0.15) is 5.84 Å². The van der Waals surface area contributed by atoms with E-state index in [2.05, 4.69) is 53.0 Å². The zero-order valence-corrected chi connectivity index (χ0v) is 16.8. The smallest absolute Gasteiger partial charge is 0.141 e. The van der Waals surface area contributed by atoms with Crippen LogP contribution in [0.5, 0.6) is 0 Å². The Balaban J connectivity index is 0.00000156. The molecule has 0 fully saturated rings. The Morgan fingerprint density at radius 2 is 2.00 bits per heavy atom. The highest BCUT2D eigenvalue weighted by Crippen LogP contribution is 2.23. The molecule has 0 aliphatic rings. The number of aliphatic imine (C=N–C) groups is 1. The van der Waals surface area contributed by atoms with Crippen LogP contribution in [0.4, 0.5) is 5.69 Å². The van der Waals surface area contributed by atoms with E-state index >= 15 is 0 Å². The van der Waals surface area contributed by atoms with Crippen LogP contribution in [0.25, 0.3) is 10.9 Å². The second-order valence-electron chi connectivity index (χ2n) is 5.88. The van der Waals surface area contributed by atoms with Gasteiger partial charge in [-0.05, 0) is 62.8 Å². The molecule has 1 aromatic carbocycles. The number of rotatable bonds is 6. The third-order valence-electron chi connectivity index (χ3n) is 3.78. The van der Waals surface area contributed by atoms with E-state index < -0.39 is 0 Å². The van der Waals surface area contributed by atoms with E-state index in [1.807, 2.05) is 23.6 Å². The maximum absolute atomic E-state index is 6.07. The van der Waals surface area contributed by atoms with Crippen LogP contribution in [0.15, 0.2) is 53.0 Å². The number of thiophene rings is 1. The summed E-state index contributed by atoms with van der Waals surface area (Å²) < 4.78 is 2.30. The fourth-order valence-corrected chi connectivity index (χ4v) is 3.26. The summed E-state index contributed by atoms with van der Waals surface area (Å²) in [5.41, 5.74) is 8.21. The van der Waals surface area contributed by atoms with Gasteiger partial charge in [-0.25, -0.2) is 4.99 Å². The molecule has 2 heterocycles. The Hall–Kier alpha value is -1.53. The average molecular weight is 399 g/mol. The first-order chi connectivity index (χ1) is 11.1. The number of benzene rings is 1. The molecule has 2 aromatic heterocycles. The molecule has 0 amide bonds. The first-order valence-electron chi connectivity index (χ1n) is 7.75. The second-order valence-corrected chi connectivity index (χ2v) is 6.83. The lowest BCUT2D eigenvalue weighted by atomic mass is 10.2. The molecule has 0 unspecified atom stereocenters. The van der Waals surface area contributed by atoms with E-state index in [-0.39, 0.29) is 24.8 Å². The molecular formula is C18H24Cl2N4S. The van der Waals surface area contributed by atoms with Crippen LogP contribution in [0, 0.1) is 0 Å². The summed E-state index contributed by atoms with van der Waals surface area (Å²) in [7, 11) is 4.21. The third kappa shape index (κ3) is 5.47. The van der Waals surface area contributed by atoms with Gasteiger partial charge in [0.2, 0.25) is 0 Å². The Bertz CT molecular complexity index is 810. The van der Waals surface area contributed by atoms with E-state index in [9.17, 15) is 0 Å². The fraction of sp³-hybridized carbons (Fsp3) is 0.278. The molecule has 0 spiro atoms.